The molecule has 1 unspecified atom stereocenters. The van der Waals surface area contributed by atoms with Crippen molar-refractivity contribution in [2.45, 2.75) is 46.0 Å². The van der Waals surface area contributed by atoms with Crippen LogP contribution in [0.3, 0.4) is 0 Å². The van der Waals surface area contributed by atoms with Crippen molar-refractivity contribution >= 4 is 8.03 Å². The highest BCUT2D eigenvalue weighted by atomic mass is 31.1. The largest absolute Gasteiger partial charge is 0.331 e. The molecule has 2 nitrogen and oxygen atoms in total. The Morgan fingerprint density at radius 2 is 1.75 bits per heavy atom. The van der Waals surface area contributed by atoms with E-state index in [1.54, 1.807) is 0 Å². The quantitative estimate of drug-likeness (QED) is 0.435. The second kappa shape index (κ2) is 9.28. The van der Waals surface area contributed by atoms with E-state index in [2.05, 4.69) is 6.92 Å². The number of rotatable bonds is 8. The third kappa shape index (κ3) is 8.29. The molecular formula is C9H21O2P. The zero-order valence-electron chi connectivity index (χ0n) is 8.27. The van der Waals surface area contributed by atoms with Crippen LogP contribution in [0.1, 0.15) is 46.0 Å². The van der Waals surface area contributed by atoms with Gasteiger partial charge in [0.15, 0.2) is 8.03 Å². The minimum atomic E-state index is -1.68. The predicted molar refractivity (Wildman–Crippen MR) is 54.3 cm³/mol. The Hall–Kier alpha value is 0.190. The van der Waals surface area contributed by atoms with Gasteiger partial charge in [-0.3, -0.25) is 4.57 Å². The van der Waals surface area contributed by atoms with Crippen molar-refractivity contribution in [1.82, 2.24) is 0 Å². The van der Waals surface area contributed by atoms with Gasteiger partial charge in [-0.2, -0.15) is 0 Å². The monoisotopic (exact) mass is 192 g/mol. The first-order chi connectivity index (χ1) is 5.81. The van der Waals surface area contributed by atoms with E-state index in [9.17, 15) is 4.57 Å². The minimum absolute atomic E-state index is 0.590. The Balaban J connectivity index is 3.03. The Labute approximate surface area is 76.6 Å². The molecule has 0 aromatic rings. The lowest BCUT2D eigenvalue weighted by Gasteiger charge is -2.01. The number of hydrogen-bond donors (Lipinski definition) is 0. The molecule has 0 aliphatic heterocycles. The topological polar surface area (TPSA) is 26.3 Å². The SMILES string of the molecule is CCCCCCC[PH](=O)OCC. The average molecular weight is 192 g/mol. The van der Waals surface area contributed by atoms with Crippen LogP contribution in [0.15, 0.2) is 0 Å². The highest BCUT2D eigenvalue weighted by Crippen LogP contribution is 2.23. The Kier molecular flexibility index (Phi) is 9.43. The average Bonchev–Trinajstić information content (AvgIpc) is 2.05. The fourth-order valence-corrected chi connectivity index (χ4v) is 2.11. The lowest BCUT2D eigenvalue weighted by Crippen LogP contribution is -1.84. The highest BCUT2D eigenvalue weighted by molar-refractivity contribution is 7.39. The van der Waals surface area contributed by atoms with Crippen LogP contribution >= 0.6 is 8.03 Å². The van der Waals surface area contributed by atoms with Gasteiger partial charge >= 0.3 is 0 Å². The van der Waals surface area contributed by atoms with Crippen molar-refractivity contribution in [2.75, 3.05) is 12.8 Å². The molecule has 74 valence electrons. The summed E-state index contributed by atoms with van der Waals surface area (Å²) in [6, 6.07) is 0. The summed E-state index contributed by atoms with van der Waals surface area (Å²) < 4.78 is 16.0. The molecule has 0 saturated heterocycles. The van der Waals surface area contributed by atoms with Crippen LogP contribution in [0, 0.1) is 0 Å². The second-order valence-electron chi connectivity index (χ2n) is 2.97. The summed E-state index contributed by atoms with van der Waals surface area (Å²) in [5.41, 5.74) is 0. The van der Waals surface area contributed by atoms with Gasteiger partial charge in [0.25, 0.3) is 0 Å². The van der Waals surface area contributed by atoms with Crippen LogP contribution < -0.4 is 0 Å². The molecule has 0 aliphatic rings. The van der Waals surface area contributed by atoms with Crippen molar-refractivity contribution < 1.29 is 9.09 Å². The Morgan fingerprint density at radius 3 is 2.33 bits per heavy atom. The van der Waals surface area contributed by atoms with Gasteiger partial charge in [-0.1, -0.05) is 32.6 Å². The van der Waals surface area contributed by atoms with E-state index in [0.29, 0.717) is 6.61 Å². The normalized spacial score (nSPS) is 13.2. The van der Waals surface area contributed by atoms with Gasteiger partial charge in [-0.15, -0.1) is 0 Å². The van der Waals surface area contributed by atoms with Gasteiger partial charge in [0.2, 0.25) is 0 Å². The molecule has 0 aromatic carbocycles. The molecule has 0 saturated carbocycles. The fourth-order valence-electron chi connectivity index (χ4n) is 1.11. The lowest BCUT2D eigenvalue weighted by atomic mass is 10.2. The van der Waals surface area contributed by atoms with Crippen LogP contribution in [-0.4, -0.2) is 12.8 Å². The van der Waals surface area contributed by atoms with E-state index in [-0.39, 0.29) is 0 Å². The molecule has 0 amide bonds. The Morgan fingerprint density at radius 1 is 1.08 bits per heavy atom. The summed E-state index contributed by atoms with van der Waals surface area (Å²) in [6.07, 6.45) is 6.89. The molecule has 0 fully saturated rings. The summed E-state index contributed by atoms with van der Waals surface area (Å²) in [6.45, 7) is 4.68. The first kappa shape index (κ1) is 12.2. The predicted octanol–water partition coefficient (Wildman–Crippen LogP) is 3.47. The van der Waals surface area contributed by atoms with Crippen molar-refractivity contribution in [2.24, 2.45) is 0 Å². The van der Waals surface area contributed by atoms with Crippen LogP contribution in [0.25, 0.3) is 0 Å². The van der Waals surface area contributed by atoms with E-state index in [1.807, 2.05) is 6.92 Å². The summed E-state index contributed by atoms with van der Waals surface area (Å²) in [7, 11) is -1.68. The zero-order chi connectivity index (χ0) is 9.23. The van der Waals surface area contributed by atoms with E-state index >= 15 is 0 Å². The third-order valence-electron chi connectivity index (χ3n) is 1.79. The van der Waals surface area contributed by atoms with Gasteiger partial charge in [0.05, 0.1) is 6.61 Å². The molecule has 0 bridgehead atoms. The van der Waals surface area contributed by atoms with E-state index in [0.717, 1.165) is 12.6 Å². The van der Waals surface area contributed by atoms with Crippen LogP contribution in [0.4, 0.5) is 0 Å². The second-order valence-corrected chi connectivity index (χ2v) is 4.50. The molecule has 3 heteroatoms. The van der Waals surface area contributed by atoms with Crippen molar-refractivity contribution in [3.05, 3.63) is 0 Å². The van der Waals surface area contributed by atoms with Gasteiger partial charge < -0.3 is 4.52 Å². The smallest absolute Gasteiger partial charge is 0.191 e. The van der Waals surface area contributed by atoms with Crippen molar-refractivity contribution in [3.8, 4) is 0 Å². The summed E-state index contributed by atoms with van der Waals surface area (Å²) >= 11 is 0. The Bertz CT molecular complexity index is 115. The molecular weight excluding hydrogens is 171 g/mol. The first-order valence-electron chi connectivity index (χ1n) is 4.96. The molecule has 0 rings (SSSR count). The van der Waals surface area contributed by atoms with Gasteiger partial charge in [-0.05, 0) is 13.3 Å². The van der Waals surface area contributed by atoms with E-state index < -0.39 is 8.03 Å². The maximum absolute atomic E-state index is 11.0. The van der Waals surface area contributed by atoms with E-state index in [4.69, 9.17) is 4.52 Å². The van der Waals surface area contributed by atoms with Gasteiger partial charge in [-0.25, -0.2) is 0 Å². The summed E-state index contributed by atoms with van der Waals surface area (Å²) in [5, 5.41) is 0. The van der Waals surface area contributed by atoms with Crippen molar-refractivity contribution in [1.29, 1.82) is 0 Å². The molecule has 0 aromatic heterocycles. The standard InChI is InChI=1S/C9H21O2P/c1-3-5-6-7-8-9-12(10)11-4-2/h12H,3-9H2,1-2H3. The van der Waals surface area contributed by atoms with Crippen LogP contribution in [0.5, 0.6) is 0 Å². The minimum Gasteiger partial charge on any atom is -0.331 e. The maximum Gasteiger partial charge on any atom is 0.191 e. The van der Waals surface area contributed by atoms with E-state index in [1.165, 1.54) is 25.7 Å². The summed E-state index contributed by atoms with van der Waals surface area (Å²) in [5.74, 6) is 0. The highest BCUT2D eigenvalue weighted by Gasteiger charge is 1.97. The molecule has 1 atom stereocenters. The maximum atomic E-state index is 11.0. The molecule has 0 heterocycles. The fraction of sp³-hybridized carbons (Fsp3) is 1.00. The number of hydrogen-bond acceptors (Lipinski definition) is 2. The van der Waals surface area contributed by atoms with Crippen LogP contribution in [0.2, 0.25) is 0 Å². The van der Waals surface area contributed by atoms with Crippen LogP contribution in [-0.2, 0) is 9.09 Å². The zero-order valence-corrected chi connectivity index (χ0v) is 9.27. The van der Waals surface area contributed by atoms with Gasteiger partial charge in [0, 0.05) is 6.16 Å². The molecule has 0 N–H and O–H groups in total. The van der Waals surface area contributed by atoms with Crippen molar-refractivity contribution in [3.63, 3.8) is 0 Å². The summed E-state index contributed by atoms with van der Waals surface area (Å²) in [4.78, 5) is 0. The molecule has 0 spiro atoms. The first-order valence-corrected chi connectivity index (χ1v) is 6.49. The molecule has 12 heavy (non-hydrogen) atoms. The van der Waals surface area contributed by atoms with Gasteiger partial charge in [0.1, 0.15) is 0 Å². The lowest BCUT2D eigenvalue weighted by molar-refractivity contribution is 0.349. The molecule has 0 radical (unpaired) electrons. The third-order valence-corrected chi connectivity index (χ3v) is 3.16. The number of unbranched alkanes of at least 4 members (excludes halogenated alkanes) is 4. The molecule has 0 aliphatic carbocycles.